The number of carbonyl (C=O) groups is 1. The van der Waals surface area contributed by atoms with Gasteiger partial charge >= 0.3 is 0 Å². The number of nitrogens with zero attached hydrogens (tertiary/aromatic N) is 8. The highest BCUT2D eigenvalue weighted by Crippen LogP contribution is 2.38. The Morgan fingerprint density at radius 1 is 1.12 bits per heavy atom. The third-order valence-corrected chi connectivity index (χ3v) is 6.82. The van der Waals surface area contributed by atoms with Crippen LogP contribution in [-0.2, 0) is 4.79 Å². The van der Waals surface area contributed by atoms with Crippen LogP contribution in [0, 0.1) is 17.2 Å². The molecular weight excluding hydrogens is 428 g/mol. The van der Waals surface area contributed by atoms with Crippen molar-refractivity contribution >= 4 is 28.4 Å². The van der Waals surface area contributed by atoms with Crippen molar-refractivity contribution in [3.8, 4) is 11.9 Å². The molecule has 1 amide bonds. The van der Waals surface area contributed by atoms with Gasteiger partial charge in [-0.25, -0.2) is 15.0 Å². The van der Waals surface area contributed by atoms with Gasteiger partial charge in [-0.15, -0.1) is 0 Å². The fraction of sp³-hybridized carbons (Fsp3) is 0.480. The first-order chi connectivity index (χ1) is 16.5. The Labute approximate surface area is 199 Å². The van der Waals surface area contributed by atoms with Gasteiger partial charge in [-0.05, 0) is 31.9 Å². The van der Waals surface area contributed by atoms with Gasteiger partial charge in [-0.1, -0.05) is 13.8 Å². The van der Waals surface area contributed by atoms with Crippen LogP contribution in [-0.4, -0.2) is 69.1 Å². The fourth-order valence-corrected chi connectivity index (χ4v) is 5.07. The molecule has 0 spiro atoms. The van der Waals surface area contributed by atoms with E-state index in [2.05, 4.69) is 39.0 Å². The van der Waals surface area contributed by atoms with Crippen LogP contribution in [0.25, 0.3) is 16.9 Å². The molecule has 0 aromatic carbocycles. The highest BCUT2D eigenvalue weighted by atomic mass is 16.2. The lowest BCUT2D eigenvalue weighted by Crippen LogP contribution is -2.55. The number of hydrogen-bond acceptors (Lipinski definition) is 7. The maximum Gasteiger partial charge on any atom is 0.225 e. The number of fused-ring (bicyclic) bond motifs is 1. The van der Waals surface area contributed by atoms with Crippen molar-refractivity contribution in [2.75, 3.05) is 42.5 Å². The number of piperazine rings is 1. The maximum atomic E-state index is 12.6. The zero-order chi connectivity index (χ0) is 23.8. The molecule has 1 atom stereocenters. The summed E-state index contributed by atoms with van der Waals surface area (Å²) in [6, 6.07) is 5.79. The molecule has 0 radical (unpaired) electrons. The fourth-order valence-electron chi connectivity index (χ4n) is 5.07. The lowest BCUT2D eigenvalue weighted by molar-refractivity contribution is -0.136. The van der Waals surface area contributed by atoms with Crippen LogP contribution in [0.2, 0.25) is 0 Å². The minimum absolute atomic E-state index is 0.00719. The van der Waals surface area contributed by atoms with Gasteiger partial charge in [0.2, 0.25) is 5.91 Å². The predicted octanol–water partition coefficient (Wildman–Crippen LogP) is 2.98. The maximum absolute atomic E-state index is 12.6. The third kappa shape index (κ3) is 3.83. The topological polar surface area (TPSA) is 94.2 Å². The Balaban J connectivity index is 1.59. The van der Waals surface area contributed by atoms with Crippen molar-refractivity contribution in [2.24, 2.45) is 5.92 Å². The van der Waals surface area contributed by atoms with E-state index in [0.29, 0.717) is 17.9 Å². The zero-order valence-electron chi connectivity index (χ0n) is 20.0. The van der Waals surface area contributed by atoms with Gasteiger partial charge in [0.25, 0.3) is 0 Å². The molecule has 5 heterocycles. The average Bonchev–Trinajstić information content (AvgIpc) is 3.51. The highest BCUT2D eigenvalue weighted by Gasteiger charge is 2.32. The second-order valence-corrected chi connectivity index (χ2v) is 9.47. The van der Waals surface area contributed by atoms with E-state index in [1.807, 2.05) is 23.3 Å². The van der Waals surface area contributed by atoms with Crippen molar-refractivity contribution in [2.45, 2.75) is 39.7 Å². The summed E-state index contributed by atoms with van der Waals surface area (Å²) in [5.74, 6) is 1.75. The number of anilines is 2. The summed E-state index contributed by atoms with van der Waals surface area (Å²) in [5.41, 5.74) is 2.44. The van der Waals surface area contributed by atoms with Crippen LogP contribution < -0.4 is 9.80 Å². The first-order valence-corrected chi connectivity index (χ1v) is 12.0. The predicted molar refractivity (Wildman–Crippen MR) is 131 cm³/mol. The van der Waals surface area contributed by atoms with E-state index in [1.54, 1.807) is 24.7 Å². The van der Waals surface area contributed by atoms with E-state index >= 15 is 0 Å². The molecule has 0 saturated carbocycles. The van der Waals surface area contributed by atoms with Crippen LogP contribution in [0.5, 0.6) is 0 Å². The average molecular weight is 459 g/mol. The number of nitriles is 1. The zero-order valence-corrected chi connectivity index (χ0v) is 20.0. The molecule has 0 unspecified atom stereocenters. The van der Waals surface area contributed by atoms with Gasteiger partial charge in [0.1, 0.15) is 18.0 Å². The van der Waals surface area contributed by atoms with E-state index in [0.717, 1.165) is 61.6 Å². The van der Waals surface area contributed by atoms with Crippen molar-refractivity contribution in [3.63, 3.8) is 0 Å². The minimum Gasteiger partial charge on any atom is -0.370 e. The lowest BCUT2D eigenvalue weighted by atomic mass is 10.1. The Hall–Kier alpha value is -3.67. The molecule has 9 nitrogen and oxygen atoms in total. The van der Waals surface area contributed by atoms with Crippen molar-refractivity contribution in [1.29, 1.82) is 5.26 Å². The summed E-state index contributed by atoms with van der Waals surface area (Å²) in [7, 11) is 0. The summed E-state index contributed by atoms with van der Waals surface area (Å²) in [5, 5.41) is 10.4. The number of carbonyl (C=O) groups excluding carboxylic acids is 1. The summed E-state index contributed by atoms with van der Waals surface area (Å²) >= 11 is 0. The smallest absolute Gasteiger partial charge is 0.225 e. The standard InChI is InChI=1S/C25H30N8O/c1-17(2)25(34)32-11-10-31(14-18(32)3)23-22-20(30-8-4-5-9-30)15-33(24(22)29-16-28-23)21-12-19(13-26)6-7-27-21/h6-7,12,15-18H,4-5,8-11,14H2,1-3H3/t18-/m1/s1. The van der Waals surface area contributed by atoms with E-state index < -0.39 is 0 Å². The van der Waals surface area contributed by atoms with Gasteiger partial charge in [-0.3, -0.25) is 9.36 Å². The third-order valence-electron chi connectivity index (χ3n) is 6.82. The molecular formula is C25H30N8O. The molecule has 5 rings (SSSR count). The number of amides is 1. The molecule has 3 aromatic rings. The summed E-state index contributed by atoms with van der Waals surface area (Å²) in [4.78, 5) is 33.2. The van der Waals surface area contributed by atoms with Crippen molar-refractivity contribution in [1.82, 2.24) is 24.4 Å². The molecule has 2 aliphatic heterocycles. The van der Waals surface area contributed by atoms with Crippen LogP contribution in [0.15, 0.2) is 30.9 Å². The van der Waals surface area contributed by atoms with E-state index in [9.17, 15) is 10.1 Å². The van der Waals surface area contributed by atoms with Gasteiger partial charge in [-0.2, -0.15) is 5.26 Å². The monoisotopic (exact) mass is 458 g/mol. The number of pyridine rings is 1. The molecule has 9 heteroatoms. The molecule has 34 heavy (non-hydrogen) atoms. The first kappa shape index (κ1) is 22.1. The second kappa shape index (κ2) is 8.93. The van der Waals surface area contributed by atoms with Crippen LogP contribution >= 0.6 is 0 Å². The van der Waals surface area contributed by atoms with Crippen molar-refractivity contribution in [3.05, 3.63) is 36.4 Å². The number of hydrogen-bond donors (Lipinski definition) is 0. The van der Waals surface area contributed by atoms with Gasteiger partial charge in [0.15, 0.2) is 5.65 Å². The quantitative estimate of drug-likeness (QED) is 0.593. The Kier molecular flexibility index (Phi) is 5.82. The molecule has 0 bridgehead atoms. The Morgan fingerprint density at radius 3 is 2.62 bits per heavy atom. The molecule has 2 fully saturated rings. The van der Waals surface area contributed by atoms with Crippen LogP contribution in [0.1, 0.15) is 39.2 Å². The largest absolute Gasteiger partial charge is 0.370 e. The van der Waals surface area contributed by atoms with Gasteiger partial charge in [0, 0.05) is 57.1 Å². The Bertz CT molecular complexity index is 1250. The summed E-state index contributed by atoms with van der Waals surface area (Å²) in [6.07, 6.45) is 7.66. The van der Waals surface area contributed by atoms with E-state index in [-0.39, 0.29) is 17.9 Å². The van der Waals surface area contributed by atoms with E-state index in [4.69, 9.17) is 4.98 Å². The molecule has 176 valence electrons. The molecule has 0 N–H and O–H groups in total. The Morgan fingerprint density at radius 2 is 1.91 bits per heavy atom. The molecule has 3 aromatic heterocycles. The van der Waals surface area contributed by atoms with Crippen LogP contribution in [0.3, 0.4) is 0 Å². The van der Waals surface area contributed by atoms with Crippen molar-refractivity contribution < 1.29 is 4.79 Å². The van der Waals surface area contributed by atoms with Gasteiger partial charge in [0.05, 0.1) is 22.7 Å². The van der Waals surface area contributed by atoms with Gasteiger partial charge < -0.3 is 14.7 Å². The molecule has 2 aliphatic rings. The van der Waals surface area contributed by atoms with Crippen LogP contribution in [0.4, 0.5) is 11.5 Å². The minimum atomic E-state index is -0.00719. The summed E-state index contributed by atoms with van der Waals surface area (Å²) < 4.78 is 1.97. The SMILES string of the molecule is CC(C)C(=O)N1CCN(c2ncnc3c2c(N2CCCC2)cn3-c2cc(C#N)ccn2)C[C@H]1C. The molecule has 0 aliphatic carbocycles. The lowest BCUT2D eigenvalue weighted by Gasteiger charge is -2.41. The van der Waals surface area contributed by atoms with E-state index in [1.165, 1.54) is 0 Å². The number of rotatable bonds is 4. The number of aromatic nitrogens is 4. The normalized spacial score (nSPS) is 18.7. The summed E-state index contributed by atoms with van der Waals surface area (Å²) in [6.45, 7) is 10.1. The molecule has 2 saturated heterocycles. The second-order valence-electron chi connectivity index (χ2n) is 9.47. The first-order valence-electron chi connectivity index (χ1n) is 12.0. The highest BCUT2D eigenvalue weighted by molar-refractivity contribution is 6.00.